The minimum Gasteiger partial charge on any atom is -0.469 e. The van der Waals surface area contributed by atoms with E-state index in [9.17, 15) is 9.59 Å². The molecule has 0 aliphatic carbocycles. The van der Waals surface area contributed by atoms with Crippen LogP contribution >= 0.6 is 22.7 Å². The van der Waals surface area contributed by atoms with Gasteiger partial charge < -0.3 is 14.3 Å². The number of fused-ring (bicyclic) bond motifs is 1. The number of hydrogen-bond donors (Lipinski definition) is 1. The zero-order valence-corrected chi connectivity index (χ0v) is 18.5. The van der Waals surface area contributed by atoms with Gasteiger partial charge in [-0.05, 0) is 23.6 Å². The molecule has 5 rings (SSSR count). The number of piperazine rings is 1. The molecule has 7 nitrogen and oxygen atoms in total. The van der Waals surface area contributed by atoms with Crippen molar-refractivity contribution in [2.75, 3.05) is 26.2 Å². The molecule has 4 aromatic heterocycles. The number of aryl methyl sites for hydroxylation is 1. The lowest BCUT2D eigenvalue weighted by atomic mass is 10.2. The number of aromatic nitrogens is 2. The Morgan fingerprint density at radius 1 is 1.16 bits per heavy atom. The van der Waals surface area contributed by atoms with Crippen LogP contribution in [0.1, 0.15) is 18.0 Å². The summed E-state index contributed by atoms with van der Waals surface area (Å²) in [4.78, 5) is 38.9. The molecule has 1 N–H and O–H groups in total. The van der Waals surface area contributed by atoms with E-state index in [1.165, 1.54) is 11.3 Å². The molecule has 0 saturated carbocycles. The number of rotatable bonds is 6. The first-order valence-corrected chi connectivity index (χ1v) is 12.0. The standard InChI is InChI=1S/C22H22N4O3S2/c27-19(6-5-15-3-1-11-29-15)26-9-7-25(8-10-26)13-18-23-21(28)20-16(14-31-22(20)24-18)17-4-2-12-30-17/h1-4,11-12,14H,5-10,13H2,(H,23,24,28). The summed E-state index contributed by atoms with van der Waals surface area (Å²) in [6.07, 6.45) is 2.73. The lowest BCUT2D eigenvalue weighted by Gasteiger charge is -2.34. The van der Waals surface area contributed by atoms with Gasteiger partial charge in [-0.3, -0.25) is 14.5 Å². The van der Waals surface area contributed by atoms with Crippen molar-refractivity contribution >= 4 is 38.8 Å². The molecular formula is C22H22N4O3S2. The van der Waals surface area contributed by atoms with Crippen LogP contribution in [0, 0.1) is 0 Å². The molecule has 0 atom stereocenters. The Morgan fingerprint density at radius 2 is 2.03 bits per heavy atom. The van der Waals surface area contributed by atoms with Crippen LogP contribution in [-0.2, 0) is 17.8 Å². The van der Waals surface area contributed by atoms with Crippen molar-refractivity contribution in [1.29, 1.82) is 0 Å². The van der Waals surface area contributed by atoms with Gasteiger partial charge in [0.25, 0.3) is 5.56 Å². The summed E-state index contributed by atoms with van der Waals surface area (Å²) in [6.45, 7) is 3.47. The molecule has 4 aromatic rings. The van der Waals surface area contributed by atoms with Gasteiger partial charge >= 0.3 is 0 Å². The quantitative estimate of drug-likeness (QED) is 0.482. The molecule has 0 unspecified atom stereocenters. The molecular weight excluding hydrogens is 432 g/mol. The highest BCUT2D eigenvalue weighted by Gasteiger charge is 2.22. The van der Waals surface area contributed by atoms with Crippen LogP contribution < -0.4 is 5.56 Å². The van der Waals surface area contributed by atoms with Gasteiger partial charge in [0.2, 0.25) is 5.91 Å². The highest BCUT2D eigenvalue weighted by atomic mass is 32.1. The van der Waals surface area contributed by atoms with Crippen molar-refractivity contribution in [3.63, 3.8) is 0 Å². The normalized spacial score (nSPS) is 15.0. The second-order valence-corrected chi connectivity index (χ2v) is 9.36. The monoisotopic (exact) mass is 454 g/mol. The van der Waals surface area contributed by atoms with Gasteiger partial charge in [-0.25, -0.2) is 4.98 Å². The third-order valence-electron chi connectivity index (χ3n) is 5.54. The van der Waals surface area contributed by atoms with E-state index in [0.717, 1.165) is 34.1 Å². The lowest BCUT2D eigenvalue weighted by Crippen LogP contribution is -2.48. The summed E-state index contributed by atoms with van der Waals surface area (Å²) < 4.78 is 5.30. The maximum atomic E-state index is 12.8. The molecule has 31 heavy (non-hydrogen) atoms. The highest BCUT2D eigenvalue weighted by molar-refractivity contribution is 7.18. The molecule has 1 aliphatic rings. The Kier molecular flexibility index (Phi) is 5.71. The van der Waals surface area contributed by atoms with Crippen LogP contribution in [0.5, 0.6) is 0 Å². The van der Waals surface area contributed by atoms with Crippen molar-refractivity contribution in [3.05, 3.63) is 63.2 Å². The molecule has 1 fully saturated rings. The molecule has 1 amide bonds. The van der Waals surface area contributed by atoms with E-state index in [-0.39, 0.29) is 11.5 Å². The number of amides is 1. The second-order valence-electron chi connectivity index (χ2n) is 7.56. The van der Waals surface area contributed by atoms with Gasteiger partial charge in [-0.15, -0.1) is 22.7 Å². The fraction of sp³-hybridized carbons (Fsp3) is 0.318. The van der Waals surface area contributed by atoms with Crippen molar-refractivity contribution in [2.24, 2.45) is 0 Å². The minimum absolute atomic E-state index is 0.0867. The molecule has 0 spiro atoms. The van der Waals surface area contributed by atoms with Crippen molar-refractivity contribution in [3.8, 4) is 10.4 Å². The number of nitrogens with one attached hydrogen (secondary N) is 1. The van der Waals surface area contributed by atoms with Gasteiger partial charge in [0.1, 0.15) is 16.4 Å². The van der Waals surface area contributed by atoms with Gasteiger partial charge in [-0.2, -0.15) is 0 Å². The number of aromatic amines is 1. The molecule has 5 heterocycles. The van der Waals surface area contributed by atoms with Crippen LogP contribution in [0.3, 0.4) is 0 Å². The largest absolute Gasteiger partial charge is 0.469 e. The molecule has 0 aromatic carbocycles. The predicted octanol–water partition coefficient (Wildman–Crippen LogP) is 3.58. The van der Waals surface area contributed by atoms with E-state index in [4.69, 9.17) is 9.40 Å². The zero-order chi connectivity index (χ0) is 21.2. The molecule has 1 saturated heterocycles. The zero-order valence-electron chi connectivity index (χ0n) is 16.9. The summed E-state index contributed by atoms with van der Waals surface area (Å²) >= 11 is 3.13. The number of thiophene rings is 2. The Labute approximate surface area is 186 Å². The van der Waals surface area contributed by atoms with Crippen LogP contribution in [0.15, 0.2) is 50.5 Å². The summed E-state index contributed by atoms with van der Waals surface area (Å²) in [6, 6.07) is 7.75. The predicted molar refractivity (Wildman–Crippen MR) is 122 cm³/mol. The van der Waals surface area contributed by atoms with Gasteiger partial charge in [0, 0.05) is 54.8 Å². The molecule has 1 aliphatic heterocycles. The Morgan fingerprint density at radius 3 is 2.77 bits per heavy atom. The summed E-state index contributed by atoms with van der Waals surface area (Å²) in [5.74, 6) is 1.67. The number of furan rings is 1. The lowest BCUT2D eigenvalue weighted by molar-refractivity contribution is -0.133. The van der Waals surface area contributed by atoms with Crippen molar-refractivity contribution in [2.45, 2.75) is 19.4 Å². The molecule has 0 bridgehead atoms. The van der Waals surface area contributed by atoms with Gasteiger partial charge in [0.15, 0.2) is 0 Å². The van der Waals surface area contributed by atoms with Crippen LogP contribution in [0.4, 0.5) is 0 Å². The summed E-state index contributed by atoms with van der Waals surface area (Å²) in [7, 11) is 0. The van der Waals surface area contributed by atoms with E-state index in [0.29, 0.717) is 43.7 Å². The van der Waals surface area contributed by atoms with Crippen LogP contribution in [0.2, 0.25) is 0 Å². The topological polar surface area (TPSA) is 82.4 Å². The maximum absolute atomic E-state index is 12.8. The van der Waals surface area contributed by atoms with Gasteiger partial charge in [0.05, 0.1) is 18.2 Å². The first-order valence-electron chi connectivity index (χ1n) is 10.2. The number of carbonyl (C=O) groups excluding carboxylic acids is 1. The number of hydrogen-bond acceptors (Lipinski definition) is 7. The fourth-order valence-electron chi connectivity index (χ4n) is 3.89. The third kappa shape index (κ3) is 4.34. The van der Waals surface area contributed by atoms with Gasteiger partial charge in [-0.1, -0.05) is 6.07 Å². The van der Waals surface area contributed by atoms with E-state index in [2.05, 4.69) is 9.88 Å². The SMILES string of the molecule is O=C(CCc1ccco1)N1CCN(Cc2nc3scc(-c4cccs4)c3c(=O)[nH]2)CC1. The summed E-state index contributed by atoms with van der Waals surface area (Å²) in [5, 5.41) is 4.69. The number of carbonyl (C=O) groups is 1. The molecule has 9 heteroatoms. The summed E-state index contributed by atoms with van der Waals surface area (Å²) in [5.41, 5.74) is 0.869. The minimum atomic E-state index is -0.0867. The Bertz CT molecular complexity index is 1220. The van der Waals surface area contributed by atoms with Crippen molar-refractivity contribution < 1.29 is 9.21 Å². The van der Waals surface area contributed by atoms with E-state index < -0.39 is 0 Å². The Hall–Kier alpha value is -2.75. The molecule has 160 valence electrons. The number of nitrogens with zero attached hydrogens (tertiary/aromatic N) is 3. The van der Waals surface area contributed by atoms with Crippen LogP contribution in [-0.4, -0.2) is 51.9 Å². The third-order valence-corrected chi connectivity index (χ3v) is 7.32. The van der Waals surface area contributed by atoms with Crippen LogP contribution in [0.25, 0.3) is 20.7 Å². The first-order chi connectivity index (χ1) is 15.2. The maximum Gasteiger partial charge on any atom is 0.260 e. The number of H-pyrrole nitrogens is 1. The average molecular weight is 455 g/mol. The fourth-order valence-corrected chi connectivity index (χ4v) is 5.67. The first kappa shape index (κ1) is 20.2. The smallest absolute Gasteiger partial charge is 0.260 e. The average Bonchev–Trinajstić information content (AvgIpc) is 3.53. The highest BCUT2D eigenvalue weighted by Crippen LogP contribution is 2.33. The second kappa shape index (κ2) is 8.78. The van der Waals surface area contributed by atoms with E-state index in [1.54, 1.807) is 17.6 Å². The molecule has 0 radical (unpaired) electrons. The van der Waals surface area contributed by atoms with E-state index >= 15 is 0 Å². The Balaban J connectivity index is 1.20. The van der Waals surface area contributed by atoms with Crippen molar-refractivity contribution in [1.82, 2.24) is 19.8 Å². The van der Waals surface area contributed by atoms with E-state index in [1.807, 2.05) is 39.9 Å².